The van der Waals surface area contributed by atoms with Crippen molar-refractivity contribution in [3.05, 3.63) is 71.0 Å². The summed E-state index contributed by atoms with van der Waals surface area (Å²) < 4.78 is 18.7. The summed E-state index contributed by atoms with van der Waals surface area (Å²) in [6.07, 6.45) is 0.997. The van der Waals surface area contributed by atoms with Crippen molar-refractivity contribution >= 4 is 28.3 Å². The molecule has 6 nitrogen and oxygen atoms in total. The van der Waals surface area contributed by atoms with Crippen LogP contribution in [0.3, 0.4) is 0 Å². The topological polar surface area (TPSA) is 80.3 Å². The molecule has 0 spiro atoms. The van der Waals surface area contributed by atoms with E-state index in [1.807, 2.05) is 18.2 Å². The van der Waals surface area contributed by atoms with Crippen LogP contribution in [0.15, 0.2) is 53.9 Å². The number of benzene rings is 2. The Hall–Kier alpha value is -3.26. The number of halogens is 1. The SMILES string of the molecule is CNC(=O)Cc1csc(NC(=O)CCc2cccc(Oc3ccc(F)cc3)c2)n1. The fourth-order valence-corrected chi connectivity index (χ4v) is 3.27. The first-order valence-corrected chi connectivity index (χ1v) is 9.87. The first-order valence-electron chi connectivity index (χ1n) is 8.99. The van der Waals surface area contributed by atoms with Gasteiger partial charge in [-0.25, -0.2) is 9.37 Å². The Labute approximate surface area is 171 Å². The highest BCUT2D eigenvalue weighted by Crippen LogP contribution is 2.23. The summed E-state index contributed by atoms with van der Waals surface area (Å²) in [7, 11) is 1.57. The maximum Gasteiger partial charge on any atom is 0.226 e. The Bertz CT molecular complexity index is 989. The molecule has 3 rings (SSSR count). The molecule has 0 fully saturated rings. The molecule has 1 aromatic heterocycles. The summed E-state index contributed by atoms with van der Waals surface area (Å²) in [5.74, 6) is 0.551. The van der Waals surface area contributed by atoms with E-state index < -0.39 is 0 Å². The molecular weight excluding hydrogens is 393 g/mol. The number of amides is 2. The van der Waals surface area contributed by atoms with Crippen LogP contribution in [-0.2, 0) is 22.4 Å². The predicted octanol–water partition coefficient (Wildman–Crippen LogP) is 3.93. The van der Waals surface area contributed by atoms with Crippen molar-refractivity contribution in [2.75, 3.05) is 12.4 Å². The van der Waals surface area contributed by atoms with Gasteiger partial charge in [-0.05, 0) is 48.4 Å². The number of aromatic nitrogens is 1. The molecule has 0 radical (unpaired) electrons. The number of rotatable bonds is 8. The lowest BCUT2D eigenvalue weighted by Gasteiger charge is -2.08. The summed E-state index contributed by atoms with van der Waals surface area (Å²) in [5, 5.41) is 7.51. The van der Waals surface area contributed by atoms with Crippen LogP contribution in [0.5, 0.6) is 11.5 Å². The van der Waals surface area contributed by atoms with Crippen LogP contribution >= 0.6 is 11.3 Å². The van der Waals surface area contributed by atoms with Crippen molar-refractivity contribution < 1.29 is 18.7 Å². The van der Waals surface area contributed by atoms with Gasteiger partial charge in [-0.2, -0.15) is 0 Å². The highest BCUT2D eigenvalue weighted by molar-refractivity contribution is 7.13. The highest BCUT2D eigenvalue weighted by atomic mass is 32.1. The van der Waals surface area contributed by atoms with E-state index in [-0.39, 0.29) is 30.5 Å². The Morgan fingerprint density at radius 1 is 1.10 bits per heavy atom. The van der Waals surface area contributed by atoms with Gasteiger partial charge in [0.2, 0.25) is 11.8 Å². The van der Waals surface area contributed by atoms with Crippen molar-refractivity contribution in [2.24, 2.45) is 0 Å². The highest BCUT2D eigenvalue weighted by Gasteiger charge is 2.10. The van der Waals surface area contributed by atoms with E-state index >= 15 is 0 Å². The zero-order valence-corrected chi connectivity index (χ0v) is 16.6. The molecule has 0 aliphatic carbocycles. The van der Waals surface area contributed by atoms with Gasteiger partial charge < -0.3 is 15.4 Å². The van der Waals surface area contributed by atoms with E-state index in [4.69, 9.17) is 4.74 Å². The van der Waals surface area contributed by atoms with Gasteiger partial charge in [0.05, 0.1) is 12.1 Å². The van der Waals surface area contributed by atoms with Crippen molar-refractivity contribution in [2.45, 2.75) is 19.3 Å². The van der Waals surface area contributed by atoms with E-state index in [0.717, 1.165) is 5.56 Å². The van der Waals surface area contributed by atoms with Crippen molar-refractivity contribution in [3.63, 3.8) is 0 Å². The Morgan fingerprint density at radius 2 is 1.90 bits per heavy atom. The molecule has 3 aromatic rings. The van der Waals surface area contributed by atoms with Crippen molar-refractivity contribution in [3.8, 4) is 11.5 Å². The van der Waals surface area contributed by atoms with E-state index in [2.05, 4.69) is 15.6 Å². The lowest BCUT2D eigenvalue weighted by atomic mass is 10.1. The second-order valence-corrected chi connectivity index (χ2v) is 7.10. The fraction of sp³-hybridized carbons (Fsp3) is 0.190. The van der Waals surface area contributed by atoms with Gasteiger partial charge in [-0.3, -0.25) is 9.59 Å². The Balaban J connectivity index is 1.51. The molecular formula is C21H20FN3O3S. The molecule has 0 aliphatic heterocycles. The molecule has 150 valence electrons. The monoisotopic (exact) mass is 413 g/mol. The number of thiazole rings is 1. The third-order valence-electron chi connectivity index (χ3n) is 4.01. The Morgan fingerprint density at radius 3 is 2.66 bits per heavy atom. The molecule has 2 N–H and O–H groups in total. The van der Waals surface area contributed by atoms with Crippen molar-refractivity contribution in [1.29, 1.82) is 0 Å². The average Bonchev–Trinajstić information content (AvgIpc) is 3.15. The lowest BCUT2D eigenvalue weighted by Crippen LogP contribution is -2.20. The molecule has 0 saturated heterocycles. The normalized spacial score (nSPS) is 10.4. The first-order chi connectivity index (χ1) is 14.0. The minimum Gasteiger partial charge on any atom is -0.457 e. The van der Waals surface area contributed by atoms with Crippen LogP contribution in [0.25, 0.3) is 0 Å². The summed E-state index contributed by atoms with van der Waals surface area (Å²) in [6, 6.07) is 13.2. The number of nitrogens with one attached hydrogen (secondary N) is 2. The molecule has 0 bridgehead atoms. The minimum absolute atomic E-state index is 0.129. The van der Waals surface area contributed by atoms with Crippen LogP contribution in [0.4, 0.5) is 9.52 Å². The van der Waals surface area contributed by atoms with E-state index in [1.54, 1.807) is 30.6 Å². The third-order valence-corrected chi connectivity index (χ3v) is 4.81. The van der Waals surface area contributed by atoms with E-state index in [9.17, 15) is 14.0 Å². The average molecular weight is 413 g/mol. The van der Waals surface area contributed by atoms with Crippen LogP contribution in [0, 0.1) is 5.82 Å². The summed E-state index contributed by atoms with van der Waals surface area (Å²) in [5.41, 5.74) is 1.56. The molecule has 2 aromatic carbocycles. The molecule has 0 aliphatic rings. The maximum absolute atomic E-state index is 13.0. The number of hydrogen-bond donors (Lipinski definition) is 2. The number of nitrogens with zero attached hydrogens (tertiary/aromatic N) is 1. The second-order valence-electron chi connectivity index (χ2n) is 6.25. The van der Waals surface area contributed by atoms with Crippen LogP contribution in [-0.4, -0.2) is 23.8 Å². The van der Waals surface area contributed by atoms with Crippen LogP contribution in [0.2, 0.25) is 0 Å². The van der Waals surface area contributed by atoms with Gasteiger partial charge in [0.1, 0.15) is 17.3 Å². The summed E-state index contributed by atoms with van der Waals surface area (Å²) >= 11 is 1.29. The number of ether oxygens (including phenoxy) is 1. The quantitative estimate of drug-likeness (QED) is 0.586. The number of anilines is 1. The van der Waals surface area contributed by atoms with Gasteiger partial charge in [-0.1, -0.05) is 12.1 Å². The van der Waals surface area contributed by atoms with E-state index in [0.29, 0.717) is 28.7 Å². The predicted molar refractivity (Wildman–Crippen MR) is 110 cm³/mol. The maximum atomic E-state index is 13.0. The van der Waals surface area contributed by atoms with Gasteiger partial charge >= 0.3 is 0 Å². The number of hydrogen-bond acceptors (Lipinski definition) is 5. The first kappa shape index (κ1) is 20.5. The van der Waals surface area contributed by atoms with Gasteiger partial charge in [0.25, 0.3) is 0 Å². The van der Waals surface area contributed by atoms with Gasteiger partial charge in [0, 0.05) is 18.8 Å². The smallest absolute Gasteiger partial charge is 0.226 e. The van der Waals surface area contributed by atoms with Gasteiger partial charge in [-0.15, -0.1) is 11.3 Å². The van der Waals surface area contributed by atoms with Crippen LogP contribution < -0.4 is 15.4 Å². The number of aryl methyl sites for hydroxylation is 1. The number of likely N-dealkylation sites (N-methyl/N-ethyl adjacent to an activating group) is 1. The van der Waals surface area contributed by atoms with Gasteiger partial charge in [0.15, 0.2) is 5.13 Å². The molecule has 1 heterocycles. The molecule has 29 heavy (non-hydrogen) atoms. The summed E-state index contributed by atoms with van der Waals surface area (Å²) in [4.78, 5) is 27.8. The molecule has 0 atom stereocenters. The number of carbonyl (C=O) groups is 2. The molecule has 0 unspecified atom stereocenters. The summed E-state index contributed by atoms with van der Waals surface area (Å²) in [6.45, 7) is 0. The third kappa shape index (κ3) is 6.39. The standard InChI is InChI=1S/C21H20FN3O3S/c1-23-20(27)12-16-13-29-21(24-16)25-19(26)10-5-14-3-2-4-18(11-14)28-17-8-6-15(22)7-9-17/h2-4,6-9,11,13H,5,10,12H2,1H3,(H,23,27)(H,24,25,26). The Kier molecular flexibility index (Phi) is 6.91. The van der Waals surface area contributed by atoms with E-state index in [1.165, 1.54) is 23.5 Å². The van der Waals surface area contributed by atoms with Crippen molar-refractivity contribution in [1.82, 2.24) is 10.3 Å². The molecule has 0 saturated carbocycles. The lowest BCUT2D eigenvalue weighted by molar-refractivity contribution is -0.120. The molecule has 2 amide bonds. The largest absolute Gasteiger partial charge is 0.457 e. The zero-order chi connectivity index (χ0) is 20.6. The zero-order valence-electron chi connectivity index (χ0n) is 15.8. The molecule has 8 heteroatoms. The fourth-order valence-electron chi connectivity index (χ4n) is 2.54. The number of carbonyl (C=O) groups excluding carboxylic acids is 2. The second kappa shape index (κ2) is 9.79. The van der Waals surface area contributed by atoms with Crippen LogP contribution in [0.1, 0.15) is 17.7 Å². The minimum atomic E-state index is -0.321.